The quantitative estimate of drug-likeness (QED) is 0.635. The molecule has 1 aromatic heterocycles. The zero-order chi connectivity index (χ0) is 13.1. The lowest BCUT2D eigenvalue weighted by atomic mass is 10.2. The second-order valence-corrected chi connectivity index (χ2v) is 5.27. The molecule has 0 spiro atoms. The van der Waals surface area contributed by atoms with Crippen LogP contribution in [0.4, 0.5) is 5.69 Å². The van der Waals surface area contributed by atoms with Gasteiger partial charge in [0.25, 0.3) is 5.69 Å². The third-order valence-electron chi connectivity index (χ3n) is 2.26. The highest BCUT2D eigenvalue weighted by molar-refractivity contribution is 7.15. The summed E-state index contributed by atoms with van der Waals surface area (Å²) in [5.41, 5.74) is 0.778. The Morgan fingerprint density at radius 3 is 2.89 bits per heavy atom. The molecule has 0 N–H and O–H groups in total. The van der Waals surface area contributed by atoms with Crippen LogP contribution in [0.3, 0.4) is 0 Å². The van der Waals surface area contributed by atoms with Crippen LogP contribution in [0.2, 0.25) is 4.47 Å². The first-order valence-corrected chi connectivity index (χ1v) is 6.24. The van der Waals surface area contributed by atoms with Gasteiger partial charge in [-0.2, -0.15) is 0 Å². The average Bonchev–Trinajstić information content (AvgIpc) is 2.73. The van der Waals surface area contributed by atoms with Gasteiger partial charge in [-0.1, -0.05) is 11.6 Å². The minimum absolute atomic E-state index is 0.0562. The monoisotopic (exact) mass is 284 g/mol. The van der Waals surface area contributed by atoms with E-state index >= 15 is 0 Å². The molecule has 1 heterocycles. The molecule has 0 amide bonds. The minimum Gasteiger partial charge on any atom is -0.488 e. The van der Waals surface area contributed by atoms with Crippen LogP contribution >= 0.6 is 22.9 Å². The lowest BCUT2D eigenvalue weighted by molar-refractivity contribution is -0.384. The molecule has 0 saturated carbocycles. The van der Waals surface area contributed by atoms with Crippen molar-refractivity contribution in [1.82, 2.24) is 4.98 Å². The van der Waals surface area contributed by atoms with Crippen molar-refractivity contribution in [3.05, 3.63) is 49.4 Å². The minimum atomic E-state index is -0.431. The summed E-state index contributed by atoms with van der Waals surface area (Å²) < 4.78 is 6.03. The molecule has 0 unspecified atom stereocenters. The molecule has 0 atom stereocenters. The maximum atomic E-state index is 10.6. The fourth-order valence-corrected chi connectivity index (χ4v) is 2.30. The number of aromatic nitrogens is 1. The predicted molar refractivity (Wildman–Crippen MR) is 69.3 cm³/mol. The van der Waals surface area contributed by atoms with E-state index in [2.05, 4.69) is 4.98 Å². The van der Waals surface area contributed by atoms with Crippen LogP contribution in [-0.4, -0.2) is 9.91 Å². The van der Waals surface area contributed by atoms with Gasteiger partial charge < -0.3 is 4.74 Å². The maximum absolute atomic E-state index is 10.6. The molecular weight excluding hydrogens is 276 g/mol. The van der Waals surface area contributed by atoms with Gasteiger partial charge in [0.2, 0.25) is 0 Å². The van der Waals surface area contributed by atoms with E-state index < -0.39 is 4.92 Å². The number of aryl methyl sites for hydroxylation is 1. The Bertz CT molecular complexity index is 585. The highest BCUT2D eigenvalue weighted by Crippen LogP contribution is 2.25. The Labute approximate surface area is 112 Å². The van der Waals surface area contributed by atoms with Crippen LogP contribution in [0.15, 0.2) is 24.4 Å². The third-order valence-corrected chi connectivity index (χ3v) is 3.35. The van der Waals surface area contributed by atoms with Gasteiger partial charge >= 0.3 is 0 Å². The number of nitro benzene ring substituents is 1. The molecule has 1 aromatic carbocycles. The van der Waals surface area contributed by atoms with Gasteiger partial charge in [-0.3, -0.25) is 10.1 Å². The maximum Gasteiger partial charge on any atom is 0.269 e. The zero-order valence-corrected chi connectivity index (χ0v) is 11.0. The van der Waals surface area contributed by atoms with Crippen LogP contribution < -0.4 is 4.74 Å². The summed E-state index contributed by atoms with van der Waals surface area (Å²) in [5.74, 6) is 0.616. The van der Waals surface area contributed by atoms with Crippen molar-refractivity contribution < 1.29 is 9.66 Å². The van der Waals surface area contributed by atoms with Gasteiger partial charge in [0.05, 0.1) is 9.80 Å². The van der Waals surface area contributed by atoms with Crippen LogP contribution in [0.5, 0.6) is 5.75 Å². The second-order valence-electron chi connectivity index (χ2n) is 3.58. The number of hydrogen-bond acceptors (Lipinski definition) is 5. The normalized spacial score (nSPS) is 10.3. The van der Waals surface area contributed by atoms with E-state index in [0.717, 1.165) is 10.4 Å². The number of halogens is 1. The molecule has 0 aliphatic carbocycles. The molecule has 0 radical (unpaired) electrons. The molecule has 0 saturated heterocycles. The van der Waals surface area contributed by atoms with Crippen LogP contribution in [-0.2, 0) is 6.61 Å². The number of nitro groups is 1. The summed E-state index contributed by atoms with van der Waals surface area (Å²) in [4.78, 5) is 15.0. The van der Waals surface area contributed by atoms with Gasteiger partial charge in [0.15, 0.2) is 4.47 Å². The highest BCUT2D eigenvalue weighted by atomic mass is 35.5. The molecule has 0 aliphatic heterocycles. The predicted octanol–water partition coefficient (Wildman–Crippen LogP) is 3.59. The Morgan fingerprint density at radius 1 is 1.56 bits per heavy atom. The SMILES string of the molecule is Cc1cc([N+](=O)[O-])ccc1OCc1cnc(Cl)s1. The third kappa shape index (κ3) is 2.96. The molecule has 2 aromatic rings. The van der Waals surface area contributed by atoms with Gasteiger partial charge in [-0.25, -0.2) is 4.98 Å². The van der Waals surface area contributed by atoms with Crippen LogP contribution in [0, 0.1) is 17.0 Å². The molecule has 0 bridgehead atoms. The first-order chi connectivity index (χ1) is 8.56. The van der Waals surface area contributed by atoms with Gasteiger partial charge in [-0.05, 0) is 18.6 Å². The number of hydrogen-bond donors (Lipinski definition) is 0. The lowest BCUT2D eigenvalue weighted by Crippen LogP contribution is -1.96. The first kappa shape index (κ1) is 12.8. The molecule has 18 heavy (non-hydrogen) atoms. The molecule has 2 rings (SSSR count). The Hall–Kier alpha value is -1.66. The van der Waals surface area contributed by atoms with Crippen molar-refractivity contribution in [3.63, 3.8) is 0 Å². The number of ether oxygens (including phenoxy) is 1. The first-order valence-electron chi connectivity index (χ1n) is 5.04. The summed E-state index contributed by atoms with van der Waals surface area (Å²) in [6.07, 6.45) is 1.65. The van der Waals surface area contributed by atoms with Crippen molar-refractivity contribution in [2.45, 2.75) is 13.5 Å². The number of rotatable bonds is 4. The van der Waals surface area contributed by atoms with E-state index in [4.69, 9.17) is 16.3 Å². The van der Waals surface area contributed by atoms with Crippen molar-refractivity contribution in [2.24, 2.45) is 0 Å². The van der Waals surface area contributed by atoms with Crippen molar-refractivity contribution in [3.8, 4) is 5.75 Å². The molecule has 7 heteroatoms. The lowest BCUT2D eigenvalue weighted by Gasteiger charge is -2.07. The van der Waals surface area contributed by atoms with E-state index in [9.17, 15) is 10.1 Å². The number of benzene rings is 1. The van der Waals surface area contributed by atoms with Gasteiger partial charge in [0, 0.05) is 18.3 Å². The van der Waals surface area contributed by atoms with E-state index in [1.807, 2.05) is 0 Å². The van der Waals surface area contributed by atoms with E-state index in [1.54, 1.807) is 19.2 Å². The van der Waals surface area contributed by atoms with Crippen LogP contribution in [0.25, 0.3) is 0 Å². The summed E-state index contributed by atoms with van der Waals surface area (Å²) in [6, 6.07) is 4.49. The Balaban J connectivity index is 2.08. The zero-order valence-electron chi connectivity index (χ0n) is 9.42. The standard InChI is InChI=1S/C11H9ClN2O3S/c1-7-4-8(14(15)16)2-3-10(7)17-6-9-5-13-11(12)18-9/h2-5H,6H2,1H3. The van der Waals surface area contributed by atoms with Crippen molar-refractivity contribution in [2.75, 3.05) is 0 Å². The summed E-state index contributed by atoms with van der Waals surface area (Å²) in [6.45, 7) is 2.12. The molecule has 5 nitrogen and oxygen atoms in total. The molecule has 94 valence electrons. The number of non-ortho nitro benzene ring substituents is 1. The van der Waals surface area contributed by atoms with E-state index in [-0.39, 0.29) is 5.69 Å². The van der Waals surface area contributed by atoms with Gasteiger partial charge in [0.1, 0.15) is 12.4 Å². The number of thiazole rings is 1. The van der Waals surface area contributed by atoms with E-state index in [1.165, 1.54) is 23.5 Å². The Morgan fingerprint density at radius 2 is 2.33 bits per heavy atom. The van der Waals surface area contributed by atoms with Crippen molar-refractivity contribution >= 4 is 28.6 Å². The van der Waals surface area contributed by atoms with Crippen LogP contribution in [0.1, 0.15) is 10.4 Å². The second kappa shape index (κ2) is 5.32. The summed E-state index contributed by atoms with van der Waals surface area (Å²) in [5, 5.41) is 10.6. The fraction of sp³-hybridized carbons (Fsp3) is 0.182. The van der Waals surface area contributed by atoms with Gasteiger partial charge in [-0.15, -0.1) is 11.3 Å². The molecular formula is C11H9ClN2O3S. The fourth-order valence-electron chi connectivity index (χ4n) is 1.41. The molecule has 0 fully saturated rings. The largest absolute Gasteiger partial charge is 0.488 e. The average molecular weight is 285 g/mol. The smallest absolute Gasteiger partial charge is 0.269 e. The topological polar surface area (TPSA) is 65.3 Å². The highest BCUT2D eigenvalue weighted by Gasteiger charge is 2.09. The summed E-state index contributed by atoms with van der Waals surface area (Å²) in [7, 11) is 0. The van der Waals surface area contributed by atoms with Crippen molar-refractivity contribution in [1.29, 1.82) is 0 Å². The number of nitrogens with zero attached hydrogens (tertiary/aromatic N) is 2. The molecule has 0 aliphatic rings. The Kier molecular flexibility index (Phi) is 3.78. The van der Waals surface area contributed by atoms with E-state index in [0.29, 0.717) is 16.8 Å². The summed E-state index contributed by atoms with van der Waals surface area (Å²) >= 11 is 7.05.